The highest BCUT2D eigenvalue weighted by Crippen LogP contribution is 2.44. The number of benzene rings is 2. The molecule has 1 aliphatic carbocycles. The molecule has 2 aromatic carbocycles. The normalized spacial score (nSPS) is 18.0. The summed E-state index contributed by atoms with van der Waals surface area (Å²) >= 11 is 0. The van der Waals surface area contributed by atoms with E-state index in [0.717, 1.165) is 15.4 Å². The van der Waals surface area contributed by atoms with Crippen LogP contribution in [0.15, 0.2) is 48.5 Å². The Kier molecular flexibility index (Phi) is 5.81. The number of fused-ring (bicyclic) bond motifs is 3. The molecule has 0 saturated carbocycles. The molecule has 1 N–H and O–H groups in total. The van der Waals surface area contributed by atoms with Gasteiger partial charge in [0.2, 0.25) is 10.0 Å². The zero-order chi connectivity index (χ0) is 22.2. The van der Waals surface area contributed by atoms with E-state index in [4.69, 9.17) is 4.74 Å². The zero-order valence-corrected chi connectivity index (χ0v) is 18.6. The van der Waals surface area contributed by atoms with Gasteiger partial charge in [-0.2, -0.15) is 0 Å². The van der Waals surface area contributed by atoms with Crippen molar-refractivity contribution < 1.29 is 23.1 Å². The van der Waals surface area contributed by atoms with Crippen LogP contribution < -0.4 is 0 Å². The first kappa shape index (κ1) is 21.8. The van der Waals surface area contributed by atoms with Crippen molar-refractivity contribution in [3.63, 3.8) is 0 Å². The minimum Gasteiger partial charge on any atom is -0.448 e. The van der Waals surface area contributed by atoms with E-state index in [-0.39, 0.29) is 44.2 Å². The van der Waals surface area contributed by atoms with Crippen molar-refractivity contribution >= 4 is 16.1 Å². The summed E-state index contributed by atoms with van der Waals surface area (Å²) in [4.78, 5) is 14.2. The summed E-state index contributed by atoms with van der Waals surface area (Å²) in [6.45, 7) is 0.759. The highest BCUT2D eigenvalue weighted by atomic mass is 32.2. The van der Waals surface area contributed by atoms with Crippen molar-refractivity contribution in [3.8, 4) is 11.1 Å². The van der Waals surface area contributed by atoms with E-state index in [0.29, 0.717) is 0 Å². The number of carbonyl (C=O) groups excluding carboxylic acids is 1. The third-order valence-electron chi connectivity index (χ3n) is 6.30. The molecule has 1 amide bonds. The van der Waals surface area contributed by atoms with E-state index in [1.165, 1.54) is 25.2 Å². The van der Waals surface area contributed by atoms with Crippen molar-refractivity contribution in [1.82, 2.24) is 9.21 Å². The van der Waals surface area contributed by atoms with Gasteiger partial charge in [0.1, 0.15) is 6.61 Å². The van der Waals surface area contributed by atoms with Gasteiger partial charge in [0.25, 0.3) is 0 Å². The maximum Gasteiger partial charge on any atom is 0.409 e. The second-order valence-corrected chi connectivity index (χ2v) is 10.7. The molecule has 0 bridgehead atoms. The van der Waals surface area contributed by atoms with Crippen LogP contribution in [0, 0.1) is 0 Å². The Morgan fingerprint density at radius 3 is 2.10 bits per heavy atom. The summed E-state index contributed by atoms with van der Waals surface area (Å²) in [6.07, 6.45) is -0.0338. The standard InChI is InChI=1S/C23H28N2O5S/c1-24(2)31(28,29)16-23(27)11-13-25(14-12-23)22(26)30-15-21-19-9-5-3-7-17(19)18-8-4-6-10-20(18)21/h3-10,21,27H,11-16H2,1-2H3. The molecule has 31 heavy (non-hydrogen) atoms. The van der Waals surface area contributed by atoms with Crippen LogP contribution in [0.2, 0.25) is 0 Å². The van der Waals surface area contributed by atoms with Crippen molar-refractivity contribution in [2.75, 3.05) is 39.5 Å². The van der Waals surface area contributed by atoms with Crippen LogP contribution >= 0.6 is 0 Å². The molecule has 166 valence electrons. The Morgan fingerprint density at radius 1 is 1.06 bits per heavy atom. The van der Waals surface area contributed by atoms with Crippen molar-refractivity contribution in [1.29, 1.82) is 0 Å². The van der Waals surface area contributed by atoms with Gasteiger partial charge in [-0.3, -0.25) is 0 Å². The summed E-state index contributed by atoms with van der Waals surface area (Å²) < 4.78 is 31.0. The lowest BCUT2D eigenvalue weighted by Gasteiger charge is -2.37. The minimum absolute atomic E-state index is 0.0108. The van der Waals surface area contributed by atoms with Gasteiger partial charge in [0, 0.05) is 33.1 Å². The van der Waals surface area contributed by atoms with Crippen molar-refractivity contribution in [2.24, 2.45) is 0 Å². The van der Waals surface area contributed by atoms with Gasteiger partial charge in [-0.25, -0.2) is 17.5 Å². The lowest BCUT2D eigenvalue weighted by Crippen LogP contribution is -2.51. The van der Waals surface area contributed by atoms with Gasteiger partial charge in [-0.15, -0.1) is 0 Å². The molecule has 7 nitrogen and oxygen atoms in total. The molecule has 0 radical (unpaired) electrons. The van der Waals surface area contributed by atoms with Gasteiger partial charge in [0.15, 0.2) is 0 Å². The van der Waals surface area contributed by atoms with Gasteiger partial charge in [-0.1, -0.05) is 48.5 Å². The maximum absolute atomic E-state index is 12.7. The number of sulfonamides is 1. The topological polar surface area (TPSA) is 87.2 Å². The van der Waals surface area contributed by atoms with E-state index in [9.17, 15) is 18.3 Å². The van der Waals surface area contributed by atoms with E-state index in [1.807, 2.05) is 24.3 Å². The molecule has 1 saturated heterocycles. The number of ether oxygens (including phenoxy) is 1. The smallest absolute Gasteiger partial charge is 0.409 e. The quantitative estimate of drug-likeness (QED) is 0.766. The number of aliphatic hydroxyl groups is 1. The monoisotopic (exact) mass is 444 g/mol. The lowest BCUT2D eigenvalue weighted by molar-refractivity contribution is -0.00404. The summed E-state index contributed by atoms with van der Waals surface area (Å²) in [5.41, 5.74) is 3.31. The summed E-state index contributed by atoms with van der Waals surface area (Å²) in [5, 5.41) is 10.7. The van der Waals surface area contributed by atoms with E-state index >= 15 is 0 Å². The molecular weight excluding hydrogens is 416 g/mol. The van der Waals surface area contributed by atoms with Crippen LogP contribution in [-0.2, 0) is 14.8 Å². The largest absolute Gasteiger partial charge is 0.448 e. The first-order valence-corrected chi connectivity index (χ1v) is 12.0. The minimum atomic E-state index is -3.52. The van der Waals surface area contributed by atoms with Gasteiger partial charge in [0.05, 0.1) is 11.4 Å². The number of nitrogens with zero attached hydrogens (tertiary/aromatic N) is 2. The second-order valence-electron chi connectivity index (χ2n) is 8.55. The molecule has 4 rings (SSSR count). The summed E-state index contributed by atoms with van der Waals surface area (Å²) in [6, 6.07) is 16.3. The summed E-state index contributed by atoms with van der Waals surface area (Å²) in [7, 11) is -0.626. The lowest BCUT2D eigenvalue weighted by atomic mass is 9.94. The molecule has 0 atom stereocenters. The molecule has 2 aliphatic rings. The second kappa shape index (κ2) is 8.26. The molecule has 8 heteroatoms. The third kappa shape index (κ3) is 4.33. The number of hydrogen-bond donors (Lipinski definition) is 1. The van der Waals surface area contributed by atoms with Crippen LogP contribution in [-0.4, -0.2) is 74.0 Å². The van der Waals surface area contributed by atoms with E-state index in [2.05, 4.69) is 24.3 Å². The van der Waals surface area contributed by atoms with Gasteiger partial charge >= 0.3 is 6.09 Å². The first-order chi connectivity index (χ1) is 14.7. The average molecular weight is 445 g/mol. The van der Waals surface area contributed by atoms with Crippen molar-refractivity contribution in [2.45, 2.75) is 24.4 Å². The molecule has 1 aliphatic heterocycles. The number of rotatable bonds is 5. The Hall–Kier alpha value is -2.42. The molecule has 2 aromatic rings. The highest BCUT2D eigenvalue weighted by Gasteiger charge is 2.39. The number of carbonyl (C=O) groups is 1. The fourth-order valence-corrected chi connectivity index (χ4v) is 5.63. The zero-order valence-electron chi connectivity index (χ0n) is 17.8. The number of amides is 1. The van der Waals surface area contributed by atoms with Crippen LogP contribution in [0.3, 0.4) is 0 Å². The van der Waals surface area contributed by atoms with E-state index in [1.54, 1.807) is 4.90 Å². The predicted molar refractivity (Wildman–Crippen MR) is 118 cm³/mol. The van der Waals surface area contributed by atoms with E-state index < -0.39 is 21.7 Å². The molecular formula is C23H28N2O5S. The average Bonchev–Trinajstić information content (AvgIpc) is 3.06. The fraction of sp³-hybridized carbons (Fsp3) is 0.435. The fourth-order valence-electron chi connectivity index (χ4n) is 4.40. The van der Waals surface area contributed by atoms with Gasteiger partial charge < -0.3 is 14.7 Å². The molecule has 0 spiro atoms. The Labute approximate surface area is 183 Å². The van der Waals surface area contributed by atoms with Crippen LogP contribution in [0.5, 0.6) is 0 Å². The Morgan fingerprint density at radius 2 is 1.58 bits per heavy atom. The third-order valence-corrected chi connectivity index (χ3v) is 8.31. The number of hydrogen-bond acceptors (Lipinski definition) is 5. The predicted octanol–water partition coefficient (Wildman–Crippen LogP) is 2.65. The number of piperidine rings is 1. The molecule has 1 fully saturated rings. The number of likely N-dealkylation sites (tertiary alicyclic amines) is 1. The van der Waals surface area contributed by atoms with Crippen LogP contribution in [0.4, 0.5) is 4.79 Å². The summed E-state index contributed by atoms with van der Waals surface area (Å²) in [5.74, 6) is -0.353. The van der Waals surface area contributed by atoms with Crippen molar-refractivity contribution in [3.05, 3.63) is 59.7 Å². The highest BCUT2D eigenvalue weighted by molar-refractivity contribution is 7.89. The maximum atomic E-state index is 12.7. The first-order valence-electron chi connectivity index (χ1n) is 10.4. The van der Waals surface area contributed by atoms with Crippen LogP contribution in [0.1, 0.15) is 29.9 Å². The molecule has 1 heterocycles. The molecule has 0 aromatic heterocycles. The SMILES string of the molecule is CN(C)S(=O)(=O)CC1(O)CCN(C(=O)OCC2c3ccccc3-c3ccccc32)CC1. The Bertz CT molecular complexity index is 1030. The van der Waals surface area contributed by atoms with Crippen LogP contribution in [0.25, 0.3) is 11.1 Å². The molecule has 0 unspecified atom stereocenters. The Balaban J connectivity index is 1.38. The van der Waals surface area contributed by atoms with Gasteiger partial charge in [-0.05, 0) is 35.1 Å².